The molecule has 0 spiro atoms. The molecule has 0 saturated heterocycles. The SMILES string of the molecule is Cc1ccc(S(=O)(=O)/C(C#N)=C/c2cn(CCC#N)c3ccccc23)cc1. The summed E-state index contributed by atoms with van der Waals surface area (Å²) in [5.41, 5.74) is 2.47. The van der Waals surface area contributed by atoms with Gasteiger partial charge in [-0.1, -0.05) is 35.9 Å². The summed E-state index contributed by atoms with van der Waals surface area (Å²) in [5, 5.41) is 19.2. The Balaban J connectivity index is 2.13. The van der Waals surface area contributed by atoms with Crippen LogP contribution in [0.3, 0.4) is 0 Å². The first kappa shape index (κ1) is 18.4. The molecule has 134 valence electrons. The molecule has 3 rings (SSSR count). The molecule has 0 aliphatic rings. The Morgan fingerprint density at radius 1 is 1.11 bits per heavy atom. The number of benzene rings is 2. The molecule has 0 atom stereocenters. The normalized spacial score (nSPS) is 11.9. The second-order valence-corrected chi connectivity index (χ2v) is 8.06. The van der Waals surface area contributed by atoms with Gasteiger partial charge in [0.25, 0.3) is 0 Å². The predicted molar refractivity (Wildman–Crippen MR) is 104 cm³/mol. The van der Waals surface area contributed by atoms with E-state index < -0.39 is 9.84 Å². The van der Waals surface area contributed by atoms with E-state index >= 15 is 0 Å². The second-order valence-electron chi connectivity index (χ2n) is 6.14. The first-order chi connectivity index (χ1) is 13.0. The van der Waals surface area contributed by atoms with Crippen LogP contribution in [0.15, 0.2) is 64.5 Å². The van der Waals surface area contributed by atoms with Crippen LogP contribution >= 0.6 is 0 Å². The van der Waals surface area contributed by atoms with Crippen molar-refractivity contribution in [1.29, 1.82) is 10.5 Å². The molecule has 0 aliphatic carbocycles. The van der Waals surface area contributed by atoms with Gasteiger partial charge in [-0.3, -0.25) is 0 Å². The highest BCUT2D eigenvalue weighted by Gasteiger charge is 2.21. The quantitative estimate of drug-likeness (QED) is 0.625. The molecular weight excluding hydrogens is 358 g/mol. The van der Waals surface area contributed by atoms with Crippen molar-refractivity contribution in [3.63, 3.8) is 0 Å². The van der Waals surface area contributed by atoms with Gasteiger partial charge in [0.2, 0.25) is 9.84 Å². The summed E-state index contributed by atoms with van der Waals surface area (Å²) < 4.78 is 27.6. The molecule has 6 heteroatoms. The lowest BCUT2D eigenvalue weighted by Crippen LogP contribution is -2.03. The largest absolute Gasteiger partial charge is 0.346 e. The summed E-state index contributed by atoms with van der Waals surface area (Å²) in [6.07, 6.45) is 3.53. The van der Waals surface area contributed by atoms with Crippen LogP contribution in [0, 0.1) is 29.6 Å². The van der Waals surface area contributed by atoms with E-state index in [1.54, 1.807) is 18.3 Å². The summed E-state index contributed by atoms with van der Waals surface area (Å²) in [6.45, 7) is 2.37. The van der Waals surface area contributed by atoms with Gasteiger partial charge in [-0.05, 0) is 31.2 Å². The van der Waals surface area contributed by atoms with Gasteiger partial charge in [-0.15, -0.1) is 0 Å². The van der Waals surface area contributed by atoms with Crippen molar-refractivity contribution in [3.05, 3.63) is 70.8 Å². The smallest absolute Gasteiger partial charge is 0.216 e. The van der Waals surface area contributed by atoms with Crippen LogP contribution in [-0.2, 0) is 16.4 Å². The summed E-state index contributed by atoms with van der Waals surface area (Å²) in [7, 11) is -3.90. The maximum atomic E-state index is 12.9. The van der Waals surface area contributed by atoms with E-state index in [0.717, 1.165) is 16.5 Å². The predicted octanol–water partition coefficient (Wildman–Crippen LogP) is 4.20. The molecule has 0 radical (unpaired) electrons. The van der Waals surface area contributed by atoms with Crippen LogP contribution in [0.1, 0.15) is 17.5 Å². The van der Waals surface area contributed by atoms with E-state index in [1.165, 1.54) is 18.2 Å². The molecule has 0 fully saturated rings. The first-order valence-corrected chi connectivity index (χ1v) is 9.84. The zero-order valence-electron chi connectivity index (χ0n) is 14.8. The molecule has 2 aromatic carbocycles. The third-order valence-electron chi connectivity index (χ3n) is 4.30. The third-order valence-corrected chi connectivity index (χ3v) is 5.98. The molecule has 5 nitrogen and oxygen atoms in total. The Kier molecular flexibility index (Phi) is 5.12. The van der Waals surface area contributed by atoms with E-state index in [1.807, 2.05) is 41.8 Å². The first-order valence-electron chi connectivity index (χ1n) is 8.36. The standard InChI is InChI=1S/C21H17N3O2S/c1-16-7-9-18(10-8-16)27(25,26)19(14-23)13-17-15-24(12-4-11-22)21-6-3-2-5-20(17)21/h2-3,5-10,13,15H,4,12H2,1H3/b19-13+. The molecule has 27 heavy (non-hydrogen) atoms. The average Bonchev–Trinajstić information content (AvgIpc) is 3.02. The number of aromatic nitrogens is 1. The molecule has 1 aromatic heterocycles. The molecule has 1 heterocycles. The highest BCUT2D eigenvalue weighted by atomic mass is 32.2. The topological polar surface area (TPSA) is 86.7 Å². The number of hydrogen-bond donors (Lipinski definition) is 0. The number of hydrogen-bond acceptors (Lipinski definition) is 4. The van der Waals surface area contributed by atoms with Gasteiger partial charge in [0.15, 0.2) is 0 Å². The van der Waals surface area contributed by atoms with E-state index in [4.69, 9.17) is 5.26 Å². The van der Waals surface area contributed by atoms with E-state index in [9.17, 15) is 13.7 Å². The lowest BCUT2D eigenvalue weighted by atomic mass is 10.1. The molecule has 0 aliphatic heterocycles. The Morgan fingerprint density at radius 2 is 1.81 bits per heavy atom. The number of nitrogens with zero attached hydrogens (tertiary/aromatic N) is 3. The highest BCUT2D eigenvalue weighted by Crippen LogP contribution is 2.27. The van der Waals surface area contributed by atoms with Crippen molar-refractivity contribution in [1.82, 2.24) is 4.57 Å². The molecule has 0 N–H and O–H groups in total. The molecule has 0 amide bonds. The highest BCUT2D eigenvalue weighted by molar-refractivity contribution is 7.95. The fourth-order valence-electron chi connectivity index (χ4n) is 2.90. The molecule has 0 bridgehead atoms. The number of aryl methyl sites for hydroxylation is 2. The maximum Gasteiger partial charge on any atom is 0.216 e. The van der Waals surface area contributed by atoms with Crippen molar-refractivity contribution < 1.29 is 8.42 Å². The Labute approximate surface area is 158 Å². The van der Waals surface area contributed by atoms with Gasteiger partial charge in [0.05, 0.1) is 17.4 Å². The maximum absolute atomic E-state index is 12.9. The van der Waals surface area contributed by atoms with Gasteiger partial charge in [0.1, 0.15) is 11.0 Å². The van der Waals surface area contributed by atoms with Crippen LogP contribution < -0.4 is 0 Å². The Morgan fingerprint density at radius 3 is 2.48 bits per heavy atom. The number of para-hydroxylation sites is 1. The van der Waals surface area contributed by atoms with Gasteiger partial charge in [-0.2, -0.15) is 10.5 Å². The number of nitriles is 2. The van der Waals surface area contributed by atoms with Gasteiger partial charge in [0, 0.05) is 29.2 Å². The Bertz CT molecular complexity index is 1210. The van der Waals surface area contributed by atoms with Crippen molar-refractivity contribution >= 4 is 26.8 Å². The van der Waals surface area contributed by atoms with Crippen LogP contribution in [0.4, 0.5) is 0 Å². The van der Waals surface area contributed by atoms with Crippen LogP contribution in [0.25, 0.3) is 17.0 Å². The van der Waals surface area contributed by atoms with Crippen LogP contribution in [0.2, 0.25) is 0 Å². The fourth-order valence-corrected chi connectivity index (χ4v) is 4.05. The number of fused-ring (bicyclic) bond motifs is 1. The minimum absolute atomic E-state index is 0.0918. The van der Waals surface area contributed by atoms with Crippen molar-refractivity contribution in [3.8, 4) is 12.1 Å². The van der Waals surface area contributed by atoms with Gasteiger partial charge in [-0.25, -0.2) is 8.42 Å². The van der Waals surface area contributed by atoms with Gasteiger partial charge >= 0.3 is 0 Å². The van der Waals surface area contributed by atoms with Crippen molar-refractivity contribution in [2.24, 2.45) is 0 Å². The molecule has 0 unspecified atom stereocenters. The van der Waals surface area contributed by atoms with E-state index in [0.29, 0.717) is 18.5 Å². The van der Waals surface area contributed by atoms with E-state index in [-0.39, 0.29) is 9.80 Å². The lowest BCUT2D eigenvalue weighted by molar-refractivity contribution is 0.603. The number of sulfone groups is 1. The van der Waals surface area contributed by atoms with Crippen molar-refractivity contribution in [2.45, 2.75) is 24.8 Å². The molecular formula is C21H17N3O2S. The Hall–Kier alpha value is -3.35. The average molecular weight is 375 g/mol. The van der Waals surface area contributed by atoms with Crippen LogP contribution in [-0.4, -0.2) is 13.0 Å². The lowest BCUT2D eigenvalue weighted by Gasteiger charge is -2.03. The minimum atomic E-state index is -3.90. The molecule has 3 aromatic rings. The monoisotopic (exact) mass is 375 g/mol. The number of allylic oxidation sites excluding steroid dienone is 1. The minimum Gasteiger partial charge on any atom is -0.346 e. The van der Waals surface area contributed by atoms with Crippen LogP contribution in [0.5, 0.6) is 0 Å². The zero-order valence-corrected chi connectivity index (χ0v) is 15.6. The van der Waals surface area contributed by atoms with Crippen molar-refractivity contribution in [2.75, 3.05) is 0 Å². The van der Waals surface area contributed by atoms with Gasteiger partial charge < -0.3 is 4.57 Å². The summed E-state index contributed by atoms with van der Waals surface area (Å²) in [5.74, 6) is 0. The number of rotatable bonds is 5. The summed E-state index contributed by atoms with van der Waals surface area (Å²) in [4.78, 5) is -0.219. The second kappa shape index (κ2) is 7.49. The zero-order chi connectivity index (χ0) is 19.4. The van der Waals surface area contributed by atoms with E-state index in [2.05, 4.69) is 6.07 Å². The summed E-state index contributed by atoms with van der Waals surface area (Å²) in [6, 6.07) is 17.9. The summed E-state index contributed by atoms with van der Waals surface area (Å²) >= 11 is 0. The third kappa shape index (κ3) is 3.62. The molecule has 0 saturated carbocycles. The fraction of sp³-hybridized carbons (Fsp3) is 0.143.